The minimum absolute atomic E-state index is 0.115. The summed E-state index contributed by atoms with van der Waals surface area (Å²) >= 11 is 0. The van der Waals surface area contributed by atoms with Crippen LogP contribution < -0.4 is 26.2 Å². The number of hydrogen-bond acceptors (Lipinski definition) is 7. The topological polar surface area (TPSA) is 80.7 Å². The Hall–Kier alpha value is -4.03. The molecule has 1 aliphatic rings. The van der Waals surface area contributed by atoms with E-state index in [0.29, 0.717) is 35.6 Å². The zero-order chi connectivity index (χ0) is 29.4. The second-order valence-electron chi connectivity index (χ2n) is 10.3. The van der Waals surface area contributed by atoms with Crippen molar-refractivity contribution in [3.63, 3.8) is 0 Å². The fraction of sp³-hybridized carbons (Fsp3) is 0.357. The van der Waals surface area contributed by atoms with Crippen LogP contribution in [0.15, 0.2) is 42.7 Å². The third kappa shape index (κ3) is 6.07. The van der Waals surface area contributed by atoms with Gasteiger partial charge in [-0.15, -0.1) is 5.53 Å². The van der Waals surface area contributed by atoms with Crippen LogP contribution in [-0.4, -0.2) is 54.8 Å². The number of aromatic nitrogens is 2. The Morgan fingerprint density at radius 2 is 1.80 bits per heavy atom. The van der Waals surface area contributed by atoms with Gasteiger partial charge in [0.15, 0.2) is 0 Å². The summed E-state index contributed by atoms with van der Waals surface area (Å²) in [6.45, 7) is 6.77. The molecule has 0 fully saturated rings. The molecule has 0 bridgehead atoms. The molecule has 12 heteroatoms. The molecule has 3 N–H and O–H groups in total. The summed E-state index contributed by atoms with van der Waals surface area (Å²) in [4.78, 5) is 17.1. The first-order valence-corrected chi connectivity index (χ1v) is 12.8. The Morgan fingerprint density at radius 1 is 1.07 bits per heavy atom. The van der Waals surface area contributed by atoms with E-state index < -0.39 is 17.6 Å². The number of carbonyl (C=O) groups excluding carboxylic acids is 1. The number of benzene rings is 2. The molecule has 2 heterocycles. The molecule has 0 atom stereocenters. The number of halogens is 3. The van der Waals surface area contributed by atoms with Gasteiger partial charge in [0, 0.05) is 61.6 Å². The first-order chi connectivity index (χ1) is 18.8. The number of nitrogens with one attached hydrogen (secondary N) is 3. The smallest absolute Gasteiger partial charge is 0.373 e. The van der Waals surface area contributed by atoms with Crippen molar-refractivity contribution < 1.29 is 18.0 Å². The highest BCUT2D eigenvalue weighted by Crippen LogP contribution is 2.37. The number of rotatable bonds is 8. The monoisotopic (exact) mass is 556 g/mol. The second-order valence-corrected chi connectivity index (χ2v) is 10.3. The molecule has 9 nitrogen and oxygen atoms in total. The van der Waals surface area contributed by atoms with Crippen LogP contribution in [0.5, 0.6) is 0 Å². The maximum absolute atomic E-state index is 13.8. The van der Waals surface area contributed by atoms with Gasteiger partial charge in [-0.3, -0.25) is 14.5 Å². The Labute approximate surface area is 232 Å². The van der Waals surface area contributed by atoms with E-state index >= 15 is 0 Å². The predicted octanol–water partition coefficient (Wildman–Crippen LogP) is 4.44. The van der Waals surface area contributed by atoms with Crippen molar-refractivity contribution in [1.29, 1.82) is 0 Å². The molecule has 0 saturated carbocycles. The van der Waals surface area contributed by atoms with Crippen LogP contribution in [0.25, 0.3) is 5.70 Å². The molecule has 4 rings (SSSR count). The molecular formula is C28H35F3N8O. The summed E-state index contributed by atoms with van der Waals surface area (Å²) in [5, 5.41) is 8.75. The summed E-state index contributed by atoms with van der Waals surface area (Å²) in [6.07, 6.45) is -0.938. The van der Waals surface area contributed by atoms with Gasteiger partial charge >= 0.3 is 6.18 Å². The van der Waals surface area contributed by atoms with Crippen molar-refractivity contribution in [2.24, 2.45) is 7.05 Å². The van der Waals surface area contributed by atoms with E-state index in [-0.39, 0.29) is 5.69 Å². The highest BCUT2D eigenvalue weighted by Gasteiger charge is 2.32. The highest BCUT2D eigenvalue weighted by atomic mass is 19.4. The molecule has 1 aliphatic heterocycles. The lowest BCUT2D eigenvalue weighted by molar-refractivity contribution is -0.137. The molecule has 1 amide bonds. The average Bonchev–Trinajstić information content (AvgIpc) is 3.49. The number of hydrogen-bond donors (Lipinski definition) is 3. The maximum Gasteiger partial charge on any atom is 0.416 e. The van der Waals surface area contributed by atoms with Gasteiger partial charge in [-0.1, -0.05) is 6.07 Å². The Morgan fingerprint density at radius 3 is 2.42 bits per heavy atom. The van der Waals surface area contributed by atoms with Gasteiger partial charge in [-0.2, -0.15) is 18.3 Å². The van der Waals surface area contributed by atoms with Crippen molar-refractivity contribution >= 4 is 28.7 Å². The van der Waals surface area contributed by atoms with Crippen LogP contribution in [0.4, 0.5) is 30.2 Å². The van der Waals surface area contributed by atoms with Gasteiger partial charge < -0.3 is 20.5 Å². The number of hydrazine groups is 2. The Balaban J connectivity index is 1.62. The molecule has 0 radical (unpaired) electrons. The van der Waals surface area contributed by atoms with Gasteiger partial charge in [-0.05, 0) is 70.3 Å². The van der Waals surface area contributed by atoms with Crippen molar-refractivity contribution in [3.8, 4) is 0 Å². The number of likely N-dealkylation sites (N-methyl/N-ethyl adjacent to an activating group) is 2. The molecular weight excluding hydrogens is 521 g/mol. The summed E-state index contributed by atoms with van der Waals surface area (Å²) in [5.41, 5.74) is 11.1. The van der Waals surface area contributed by atoms with Gasteiger partial charge in [0.25, 0.3) is 5.91 Å². The number of amides is 1. The van der Waals surface area contributed by atoms with Crippen molar-refractivity contribution in [2.75, 3.05) is 49.5 Å². The standard InChI is InChI=1S/C28H35F3N8O/c1-17-8-9-20(12-25(17)39-16-24(34-35-39)22-15-32-38(7)19(22)3)27(40)33-23-13-21(28(29,30)31)14-26(18(23)2)37(6)11-10-36(4)5/h8-9,12-16,34-35H,10-11H2,1-7H3,(H,33,40). The first-order valence-electron chi connectivity index (χ1n) is 12.8. The molecule has 2 aromatic carbocycles. The third-order valence-corrected chi connectivity index (χ3v) is 7.08. The average molecular weight is 557 g/mol. The van der Waals surface area contributed by atoms with Gasteiger partial charge in [0.2, 0.25) is 0 Å². The zero-order valence-electron chi connectivity index (χ0n) is 23.7. The number of nitrogens with zero attached hydrogens (tertiary/aromatic N) is 5. The summed E-state index contributed by atoms with van der Waals surface area (Å²) in [6, 6.07) is 7.27. The lowest BCUT2D eigenvalue weighted by Gasteiger charge is -2.26. The van der Waals surface area contributed by atoms with Gasteiger partial charge in [0.05, 0.1) is 23.1 Å². The third-order valence-electron chi connectivity index (χ3n) is 7.08. The predicted molar refractivity (Wildman–Crippen MR) is 152 cm³/mol. The fourth-order valence-electron chi connectivity index (χ4n) is 4.41. The van der Waals surface area contributed by atoms with E-state index in [1.165, 1.54) is 0 Å². The van der Waals surface area contributed by atoms with Crippen LogP contribution in [0.2, 0.25) is 0 Å². The van der Waals surface area contributed by atoms with E-state index in [2.05, 4.69) is 21.4 Å². The largest absolute Gasteiger partial charge is 0.416 e. The lowest BCUT2D eigenvalue weighted by Crippen LogP contribution is -2.36. The second kappa shape index (κ2) is 11.2. The van der Waals surface area contributed by atoms with Crippen LogP contribution in [0.1, 0.15) is 38.3 Å². The SMILES string of the molecule is Cc1ccc(C(=O)Nc2cc(C(F)(F)F)cc(N(C)CCN(C)C)c2C)cc1N1C=C(c2cnn(C)c2C)NN1. The molecule has 0 saturated heterocycles. The molecule has 1 aromatic heterocycles. The van der Waals surface area contributed by atoms with E-state index in [1.807, 2.05) is 46.1 Å². The summed E-state index contributed by atoms with van der Waals surface area (Å²) in [5.74, 6) is -0.509. The van der Waals surface area contributed by atoms with Crippen molar-refractivity contribution in [2.45, 2.75) is 26.9 Å². The summed E-state index contributed by atoms with van der Waals surface area (Å²) < 4.78 is 43.2. The number of aryl methyl sites for hydroxylation is 2. The summed E-state index contributed by atoms with van der Waals surface area (Å²) in [7, 11) is 7.41. The molecule has 0 unspecified atom stereocenters. The van der Waals surface area contributed by atoms with E-state index in [4.69, 9.17) is 0 Å². The van der Waals surface area contributed by atoms with E-state index in [9.17, 15) is 18.0 Å². The van der Waals surface area contributed by atoms with Gasteiger partial charge in [-0.25, -0.2) is 0 Å². The minimum Gasteiger partial charge on any atom is -0.373 e. The molecule has 3 aromatic rings. The quantitative estimate of drug-likeness (QED) is 0.379. The maximum atomic E-state index is 13.8. The van der Waals surface area contributed by atoms with Crippen molar-refractivity contribution in [1.82, 2.24) is 25.6 Å². The van der Waals surface area contributed by atoms with E-state index in [0.717, 1.165) is 34.7 Å². The van der Waals surface area contributed by atoms with Gasteiger partial charge in [0.1, 0.15) is 0 Å². The number of carbonyl (C=O) groups is 1. The Bertz CT molecular complexity index is 1440. The van der Waals surface area contributed by atoms with Crippen molar-refractivity contribution in [3.05, 3.63) is 76.2 Å². The number of anilines is 3. The molecule has 40 heavy (non-hydrogen) atoms. The first kappa shape index (κ1) is 29.0. The number of alkyl halides is 3. The molecule has 214 valence electrons. The minimum atomic E-state index is -4.56. The van der Waals surface area contributed by atoms with E-state index in [1.54, 1.807) is 53.0 Å². The molecule has 0 aliphatic carbocycles. The van der Waals surface area contributed by atoms with Crippen LogP contribution in [0, 0.1) is 20.8 Å². The molecule has 0 spiro atoms. The van der Waals surface area contributed by atoms with Crippen LogP contribution in [0.3, 0.4) is 0 Å². The fourth-order valence-corrected chi connectivity index (χ4v) is 4.41. The lowest BCUT2D eigenvalue weighted by atomic mass is 10.0. The zero-order valence-corrected chi connectivity index (χ0v) is 23.7. The highest BCUT2D eigenvalue weighted by molar-refractivity contribution is 6.05. The Kier molecular flexibility index (Phi) is 8.13. The van der Waals surface area contributed by atoms with Crippen LogP contribution >= 0.6 is 0 Å². The normalized spacial score (nSPS) is 13.5. The van der Waals surface area contributed by atoms with Crippen LogP contribution in [-0.2, 0) is 13.2 Å².